The molecular formula is C35H60N5O13P. The van der Waals surface area contributed by atoms with Gasteiger partial charge >= 0.3 is 7.82 Å². The number of ketones is 3. The number of ether oxygens (including phenoxy) is 2. The quantitative estimate of drug-likeness (QED) is 0.0474. The zero-order chi connectivity index (χ0) is 40.8. The molecule has 0 aliphatic heterocycles. The van der Waals surface area contributed by atoms with E-state index in [0.717, 1.165) is 19.8 Å². The molecule has 0 radical (unpaired) electrons. The van der Waals surface area contributed by atoms with E-state index in [4.69, 9.17) is 19.3 Å². The van der Waals surface area contributed by atoms with Crippen molar-refractivity contribution >= 4 is 42.9 Å². The Bertz CT molecular complexity index is 1370. The lowest BCUT2D eigenvalue weighted by Crippen LogP contribution is -2.50. The number of H-pyrrole nitrogens is 1. The van der Waals surface area contributed by atoms with Gasteiger partial charge < -0.3 is 44.9 Å². The van der Waals surface area contributed by atoms with Crippen LogP contribution in [0.25, 0.3) is 0 Å². The van der Waals surface area contributed by atoms with Crippen LogP contribution in [0.4, 0.5) is 0 Å². The van der Waals surface area contributed by atoms with Crippen LogP contribution in [0.3, 0.4) is 0 Å². The third kappa shape index (κ3) is 19.8. The topological polar surface area (TPSA) is 264 Å². The molecule has 0 aliphatic rings. The van der Waals surface area contributed by atoms with Crippen molar-refractivity contribution in [3.05, 3.63) is 18.2 Å². The van der Waals surface area contributed by atoms with Crippen LogP contribution < -0.4 is 10.6 Å². The molecule has 3 amide bonds. The molecule has 1 aromatic rings. The van der Waals surface area contributed by atoms with Gasteiger partial charge in [0.1, 0.15) is 11.8 Å². The van der Waals surface area contributed by atoms with E-state index in [-0.39, 0.29) is 50.7 Å². The number of nitrogens with zero attached hydrogens (tertiary/aromatic N) is 2. The number of carbonyl (C=O) groups is 6. The molecule has 6 N–H and O–H groups in total. The van der Waals surface area contributed by atoms with Crippen molar-refractivity contribution < 1.29 is 62.2 Å². The van der Waals surface area contributed by atoms with E-state index in [1.165, 1.54) is 24.3 Å². The largest absolute Gasteiger partial charge is 0.469 e. The number of nitrogens with one attached hydrogen (secondary N) is 3. The smallest absolute Gasteiger partial charge is 0.394 e. The van der Waals surface area contributed by atoms with Crippen LogP contribution in [0.5, 0.6) is 0 Å². The number of unbranched alkanes of at least 4 members (excludes halogenated alkanes) is 2. The summed E-state index contributed by atoms with van der Waals surface area (Å²) in [5.41, 5.74) is 0.492. The Morgan fingerprint density at radius 2 is 1.67 bits per heavy atom. The standard InChI is InChI=1S/C35H60N5O13P/c1-7-8-9-11-40(34(46)10-12-52-14-13-51-6)20-33(45)38-29(15-23(2)3)31(43)17-26(16-27-19-36-22-37-27)35(47)39-30(21-41)32(44)18-28(24(4)42)25(5)53-54(48,49)50/h19,22-23,25-26,28-30,41H,7-18,20-21H2,1-6H3,(H,36,37)(H,38,45)(H,39,47)(H2,48,49,50)/t25-,26-,28-,29+,30+/m1/s1. The van der Waals surface area contributed by atoms with E-state index < -0.39 is 80.0 Å². The van der Waals surface area contributed by atoms with E-state index in [9.17, 15) is 38.4 Å². The summed E-state index contributed by atoms with van der Waals surface area (Å²) in [6, 6.07) is -2.53. The average Bonchev–Trinajstić information content (AvgIpc) is 3.60. The Labute approximate surface area is 317 Å². The number of hydrogen-bond acceptors (Lipinski definition) is 12. The highest BCUT2D eigenvalue weighted by molar-refractivity contribution is 7.46. The number of aliphatic hydroxyl groups excluding tert-OH is 1. The summed E-state index contributed by atoms with van der Waals surface area (Å²) in [5.74, 6) is -5.91. The highest BCUT2D eigenvalue weighted by atomic mass is 31.2. The average molecular weight is 790 g/mol. The fraction of sp³-hybridized carbons (Fsp3) is 0.743. The zero-order valence-electron chi connectivity index (χ0n) is 32.3. The van der Waals surface area contributed by atoms with Crippen molar-refractivity contribution in [1.82, 2.24) is 25.5 Å². The lowest BCUT2D eigenvalue weighted by Gasteiger charge is -2.26. The molecule has 19 heteroatoms. The van der Waals surface area contributed by atoms with Crippen molar-refractivity contribution in [3.63, 3.8) is 0 Å². The van der Waals surface area contributed by atoms with Crippen molar-refractivity contribution in [2.75, 3.05) is 46.6 Å². The third-order valence-electron chi connectivity index (χ3n) is 8.58. The van der Waals surface area contributed by atoms with E-state index in [2.05, 4.69) is 25.1 Å². The highest BCUT2D eigenvalue weighted by Gasteiger charge is 2.35. The van der Waals surface area contributed by atoms with Gasteiger partial charge in [-0.25, -0.2) is 9.55 Å². The number of phosphoric ester groups is 1. The van der Waals surface area contributed by atoms with Gasteiger partial charge in [-0.1, -0.05) is 33.6 Å². The Morgan fingerprint density at radius 3 is 2.22 bits per heavy atom. The first-order valence-corrected chi connectivity index (χ1v) is 19.8. The first-order valence-electron chi connectivity index (χ1n) is 18.2. The van der Waals surface area contributed by atoms with E-state index >= 15 is 0 Å². The van der Waals surface area contributed by atoms with Gasteiger partial charge in [0.2, 0.25) is 17.7 Å². The first kappa shape index (κ1) is 48.6. The minimum atomic E-state index is -4.99. The number of Topliss-reactive ketones (excluding diaryl/α,β-unsaturated/α-hetero) is 3. The summed E-state index contributed by atoms with van der Waals surface area (Å²) in [6.07, 6.45) is 3.23. The molecular weight excluding hydrogens is 729 g/mol. The summed E-state index contributed by atoms with van der Waals surface area (Å²) < 4.78 is 26.3. The summed E-state index contributed by atoms with van der Waals surface area (Å²) in [5, 5.41) is 15.3. The highest BCUT2D eigenvalue weighted by Crippen LogP contribution is 2.39. The minimum Gasteiger partial charge on any atom is -0.394 e. The fourth-order valence-corrected chi connectivity index (χ4v) is 6.25. The molecule has 0 aromatic carbocycles. The molecule has 0 spiro atoms. The first-order chi connectivity index (χ1) is 25.4. The summed E-state index contributed by atoms with van der Waals surface area (Å²) in [6.45, 7) is 8.15. The van der Waals surface area contributed by atoms with Gasteiger partial charge in [-0.05, 0) is 32.6 Å². The second-order valence-electron chi connectivity index (χ2n) is 13.7. The Balaban J connectivity index is 3.16. The zero-order valence-corrected chi connectivity index (χ0v) is 33.2. The number of amides is 3. The maximum atomic E-state index is 13.9. The SMILES string of the molecule is CCCCCN(CC(=O)N[C@@H](CC(C)C)C(=O)C[C@@H](Cc1cnc[nH]1)C(=O)N[C@@H](CO)C(=O)C[C@H](C(C)=O)[C@@H](C)OP(=O)(O)O)C(=O)CCOCCOC. The number of aliphatic hydroxyl groups is 1. The third-order valence-corrected chi connectivity index (χ3v) is 9.19. The predicted octanol–water partition coefficient (Wildman–Crippen LogP) is 1.27. The van der Waals surface area contributed by atoms with Gasteiger partial charge in [0.25, 0.3) is 0 Å². The summed E-state index contributed by atoms with van der Waals surface area (Å²) in [7, 11) is -3.45. The lowest BCUT2D eigenvalue weighted by molar-refractivity contribution is -0.138. The molecule has 0 aliphatic carbocycles. The minimum absolute atomic E-state index is 0.0261. The predicted molar refractivity (Wildman–Crippen MR) is 196 cm³/mol. The van der Waals surface area contributed by atoms with Crippen LogP contribution >= 0.6 is 7.82 Å². The Kier molecular flexibility index (Phi) is 23.1. The number of phosphoric acid groups is 1. The van der Waals surface area contributed by atoms with Crippen LogP contribution in [-0.4, -0.2) is 130 Å². The van der Waals surface area contributed by atoms with Crippen LogP contribution in [0.15, 0.2) is 12.5 Å². The molecule has 0 saturated heterocycles. The number of methoxy groups -OCH3 is 1. The molecule has 18 nitrogen and oxygen atoms in total. The summed E-state index contributed by atoms with van der Waals surface area (Å²) in [4.78, 5) is 106. The Morgan fingerprint density at radius 1 is 0.981 bits per heavy atom. The van der Waals surface area contributed by atoms with E-state index in [1.807, 2.05) is 20.8 Å². The van der Waals surface area contributed by atoms with Gasteiger partial charge in [0.05, 0.1) is 69.7 Å². The number of imidazole rings is 1. The van der Waals surface area contributed by atoms with Crippen LogP contribution in [-0.2, 0) is 53.8 Å². The monoisotopic (exact) mass is 789 g/mol. The lowest BCUT2D eigenvalue weighted by atomic mass is 9.89. The van der Waals surface area contributed by atoms with Gasteiger partial charge in [-0.15, -0.1) is 0 Å². The molecule has 1 aromatic heterocycles. The van der Waals surface area contributed by atoms with Crippen LogP contribution in [0, 0.1) is 17.8 Å². The second kappa shape index (κ2) is 25.7. The number of hydrogen-bond donors (Lipinski definition) is 6. The van der Waals surface area contributed by atoms with Gasteiger partial charge in [-0.2, -0.15) is 0 Å². The van der Waals surface area contributed by atoms with Crippen molar-refractivity contribution in [2.24, 2.45) is 17.8 Å². The Hall–Kier alpha value is -3.38. The molecule has 308 valence electrons. The molecule has 0 fully saturated rings. The second-order valence-corrected chi connectivity index (χ2v) is 14.9. The summed E-state index contributed by atoms with van der Waals surface area (Å²) >= 11 is 0. The van der Waals surface area contributed by atoms with E-state index in [1.54, 1.807) is 7.11 Å². The number of aromatic amines is 1. The molecule has 1 heterocycles. The molecule has 5 atom stereocenters. The van der Waals surface area contributed by atoms with E-state index in [0.29, 0.717) is 31.9 Å². The molecule has 0 unspecified atom stereocenters. The maximum absolute atomic E-state index is 13.9. The van der Waals surface area contributed by atoms with Gasteiger partial charge in [-0.3, -0.25) is 33.3 Å². The fourth-order valence-electron chi connectivity index (χ4n) is 5.67. The molecule has 0 saturated carbocycles. The number of carbonyl (C=O) groups excluding carboxylic acids is 6. The normalized spacial score (nSPS) is 14.5. The van der Waals surface area contributed by atoms with Crippen molar-refractivity contribution in [2.45, 2.75) is 104 Å². The molecule has 0 bridgehead atoms. The van der Waals surface area contributed by atoms with Gasteiger partial charge in [0, 0.05) is 44.8 Å². The van der Waals surface area contributed by atoms with Gasteiger partial charge in [0.15, 0.2) is 11.6 Å². The molecule has 54 heavy (non-hydrogen) atoms. The van der Waals surface area contributed by atoms with Crippen molar-refractivity contribution in [3.8, 4) is 0 Å². The number of aromatic nitrogens is 2. The number of rotatable bonds is 30. The van der Waals surface area contributed by atoms with Crippen LogP contribution in [0.2, 0.25) is 0 Å². The maximum Gasteiger partial charge on any atom is 0.469 e. The van der Waals surface area contributed by atoms with Crippen molar-refractivity contribution in [1.29, 1.82) is 0 Å². The molecule has 1 rings (SSSR count). The van der Waals surface area contributed by atoms with Crippen LogP contribution in [0.1, 0.15) is 85.3 Å².